The van der Waals surface area contributed by atoms with Crippen LogP contribution in [0.5, 0.6) is 5.75 Å². The summed E-state index contributed by atoms with van der Waals surface area (Å²) in [6.07, 6.45) is 1.67. The van der Waals surface area contributed by atoms with E-state index in [1.807, 2.05) is 18.2 Å². The van der Waals surface area contributed by atoms with Gasteiger partial charge in [0.1, 0.15) is 0 Å². The molecule has 1 aromatic rings. The fourth-order valence-electron chi connectivity index (χ4n) is 0.647. The lowest BCUT2D eigenvalue weighted by molar-refractivity contribution is -0.255. The summed E-state index contributed by atoms with van der Waals surface area (Å²) in [5.74, 6) is 0.661. The fourth-order valence-corrected chi connectivity index (χ4v) is 0.647. The molecule has 0 fully saturated rings. The average molecular weight is 165 g/mol. The molecule has 64 valence electrons. The van der Waals surface area contributed by atoms with Gasteiger partial charge in [0.05, 0.1) is 0 Å². The minimum Gasteiger partial charge on any atom is -0.319 e. The number of para-hydroxylation sites is 1. The van der Waals surface area contributed by atoms with Crippen molar-refractivity contribution in [1.29, 1.82) is 0 Å². The lowest BCUT2D eigenvalue weighted by Gasteiger charge is -2.02. The molecule has 0 atom stereocenters. The summed E-state index contributed by atoms with van der Waals surface area (Å²) in [5, 5.41) is 0. The van der Waals surface area contributed by atoms with Crippen molar-refractivity contribution in [2.45, 2.75) is 0 Å². The van der Waals surface area contributed by atoms with Gasteiger partial charge in [-0.2, -0.15) is 5.48 Å². The largest absolute Gasteiger partial charge is 0.319 e. The second kappa shape index (κ2) is 5.35. The van der Waals surface area contributed by atoms with Crippen LogP contribution >= 0.6 is 0 Å². The lowest BCUT2D eigenvalue weighted by Crippen LogP contribution is -2.16. The molecular weight excluding hydrogens is 154 g/mol. The minimum atomic E-state index is 0.548. The van der Waals surface area contributed by atoms with Crippen LogP contribution in [0.15, 0.2) is 43.0 Å². The van der Waals surface area contributed by atoms with E-state index in [9.17, 15) is 0 Å². The van der Waals surface area contributed by atoms with E-state index in [1.165, 1.54) is 0 Å². The summed E-state index contributed by atoms with van der Waals surface area (Å²) in [6.45, 7) is 4.06. The van der Waals surface area contributed by atoms with Crippen LogP contribution in [0.25, 0.3) is 0 Å². The molecule has 3 heteroatoms. The smallest absolute Gasteiger partial charge is 0.167 e. The molecule has 12 heavy (non-hydrogen) atoms. The van der Waals surface area contributed by atoms with Crippen molar-refractivity contribution in [3.63, 3.8) is 0 Å². The average Bonchev–Trinajstić information content (AvgIpc) is 2.14. The monoisotopic (exact) mass is 165 g/mol. The van der Waals surface area contributed by atoms with Gasteiger partial charge in [0.25, 0.3) is 0 Å². The highest BCUT2D eigenvalue weighted by molar-refractivity contribution is 5.20. The Morgan fingerprint density at radius 2 is 2.08 bits per heavy atom. The van der Waals surface area contributed by atoms with Crippen molar-refractivity contribution in [3.05, 3.63) is 43.0 Å². The maximum atomic E-state index is 4.85. The Morgan fingerprint density at radius 1 is 1.33 bits per heavy atom. The fraction of sp³-hybridized carbons (Fsp3) is 0.111. The molecule has 0 spiro atoms. The number of rotatable bonds is 5. The van der Waals surface area contributed by atoms with Crippen molar-refractivity contribution < 1.29 is 9.88 Å². The second-order valence-electron chi connectivity index (χ2n) is 2.12. The van der Waals surface area contributed by atoms with Crippen LogP contribution in [0.4, 0.5) is 0 Å². The Labute approximate surface area is 71.5 Å². The Morgan fingerprint density at radius 3 is 2.75 bits per heavy atom. The first-order chi connectivity index (χ1) is 5.93. The van der Waals surface area contributed by atoms with Crippen LogP contribution in [0.2, 0.25) is 0 Å². The third-order valence-corrected chi connectivity index (χ3v) is 1.17. The molecule has 0 saturated heterocycles. The van der Waals surface area contributed by atoms with Crippen LogP contribution in [0, 0.1) is 0 Å². The van der Waals surface area contributed by atoms with Crippen molar-refractivity contribution >= 4 is 0 Å². The van der Waals surface area contributed by atoms with Crippen molar-refractivity contribution in [1.82, 2.24) is 5.48 Å². The van der Waals surface area contributed by atoms with Gasteiger partial charge in [0.15, 0.2) is 5.75 Å². The molecule has 0 radical (unpaired) electrons. The van der Waals surface area contributed by atoms with Gasteiger partial charge in [-0.1, -0.05) is 29.3 Å². The van der Waals surface area contributed by atoms with E-state index >= 15 is 0 Å². The molecule has 0 unspecified atom stereocenters. The van der Waals surface area contributed by atoms with E-state index in [2.05, 4.69) is 17.0 Å². The third kappa shape index (κ3) is 3.18. The highest BCUT2D eigenvalue weighted by Gasteiger charge is 1.89. The summed E-state index contributed by atoms with van der Waals surface area (Å²) in [7, 11) is 0. The van der Waals surface area contributed by atoms with Crippen LogP contribution in [0.3, 0.4) is 0 Å². The first-order valence-corrected chi connectivity index (χ1v) is 3.66. The van der Waals surface area contributed by atoms with E-state index in [-0.39, 0.29) is 0 Å². The zero-order chi connectivity index (χ0) is 8.65. The minimum absolute atomic E-state index is 0.548. The highest BCUT2D eigenvalue weighted by atomic mass is 17.3. The summed E-state index contributed by atoms with van der Waals surface area (Å²) in [4.78, 5) is 9.49. The Kier molecular flexibility index (Phi) is 3.91. The van der Waals surface area contributed by atoms with E-state index < -0.39 is 0 Å². The molecule has 0 aliphatic heterocycles. The SMILES string of the molecule is C=CCNOOc1ccccc1. The molecule has 1 N–H and O–H groups in total. The molecule has 0 aliphatic rings. The Bertz CT molecular complexity index is 223. The molecular formula is C9H11NO2. The first-order valence-electron chi connectivity index (χ1n) is 3.66. The summed E-state index contributed by atoms with van der Waals surface area (Å²) in [6, 6.07) is 9.24. The second-order valence-corrected chi connectivity index (χ2v) is 2.12. The maximum absolute atomic E-state index is 4.85. The molecule has 0 amide bonds. The van der Waals surface area contributed by atoms with Crippen LogP contribution < -0.4 is 10.4 Å². The topological polar surface area (TPSA) is 30.5 Å². The predicted molar refractivity (Wildman–Crippen MR) is 46.4 cm³/mol. The molecule has 0 bridgehead atoms. The molecule has 0 saturated carbocycles. The number of nitrogens with one attached hydrogen (secondary N) is 1. The van der Waals surface area contributed by atoms with E-state index in [0.29, 0.717) is 12.3 Å². The first kappa shape index (κ1) is 8.77. The standard InChI is InChI=1S/C9H11NO2/c1-2-8-10-12-11-9-6-4-3-5-7-9/h2-7,10H,1,8H2. The van der Waals surface area contributed by atoms with Crippen molar-refractivity contribution in [2.24, 2.45) is 0 Å². The molecule has 3 nitrogen and oxygen atoms in total. The molecule has 0 heterocycles. The number of hydroxylamine groups is 1. The maximum Gasteiger partial charge on any atom is 0.167 e. The zero-order valence-electron chi connectivity index (χ0n) is 6.69. The van der Waals surface area contributed by atoms with Crippen molar-refractivity contribution in [2.75, 3.05) is 6.54 Å². The normalized spacial score (nSPS) is 9.33. The van der Waals surface area contributed by atoms with Crippen LogP contribution in [-0.4, -0.2) is 6.54 Å². The summed E-state index contributed by atoms with van der Waals surface area (Å²) in [5.41, 5.74) is 2.54. The van der Waals surface area contributed by atoms with Gasteiger partial charge in [0, 0.05) is 6.54 Å². The summed E-state index contributed by atoms with van der Waals surface area (Å²) < 4.78 is 0. The van der Waals surface area contributed by atoms with Gasteiger partial charge in [0.2, 0.25) is 0 Å². The zero-order valence-corrected chi connectivity index (χ0v) is 6.69. The van der Waals surface area contributed by atoms with Gasteiger partial charge in [-0.15, -0.1) is 6.58 Å². The van der Waals surface area contributed by atoms with E-state index in [1.54, 1.807) is 18.2 Å². The van der Waals surface area contributed by atoms with E-state index in [0.717, 1.165) is 0 Å². The Hall–Kier alpha value is -1.32. The molecule has 1 aromatic carbocycles. The number of hydrogen-bond acceptors (Lipinski definition) is 3. The third-order valence-electron chi connectivity index (χ3n) is 1.17. The lowest BCUT2D eigenvalue weighted by atomic mass is 10.3. The van der Waals surface area contributed by atoms with Gasteiger partial charge < -0.3 is 4.89 Å². The van der Waals surface area contributed by atoms with Crippen LogP contribution in [0.1, 0.15) is 0 Å². The van der Waals surface area contributed by atoms with Crippen LogP contribution in [-0.2, 0) is 4.99 Å². The van der Waals surface area contributed by atoms with Gasteiger partial charge in [-0.05, 0) is 12.1 Å². The number of benzene rings is 1. The van der Waals surface area contributed by atoms with Gasteiger partial charge in [-0.3, -0.25) is 0 Å². The van der Waals surface area contributed by atoms with E-state index in [4.69, 9.17) is 4.89 Å². The van der Waals surface area contributed by atoms with Crippen molar-refractivity contribution in [3.8, 4) is 5.75 Å². The predicted octanol–water partition coefficient (Wildman–Crippen LogP) is 1.69. The van der Waals surface area contributed by atoms with Gasteiger partial charge in [-0.25, -0.2) is 0 Å². The Balaban J connectivity index is 2.20. The molecule has 0 aliphatic carbocycles. The number of hydrogen-bond donors (Lipinski definition) is 1. The van der Waals surface area contributed by atoms with Gasteiger partial charge >= 0.3 is 0 Å². The quantitative estimate of drug-likeness (QED) is 0.311. The summed E-state index contributed by atoms with van der Waals surface area (Å²) >= 11 is 0. The molecule has 1 rings (SSSR count). The molecule has 0 aromatic heterocycles. The highest BCUT2D eigenvalue weighted by Crippen LogP contribution is 2.07.